The van der Waals surface area contributed by atoms with Gasteiger partial charge in [0.2, 0.25) is 0 Å². The molecule has 0 fully saturated rings. The van der Waals surface area contributed by atoms with Crippen molar-refractivity contribution in [1.82, 2.24) is 0 Å². The van der Waals surface area contributed by atoms with Crippen LogP contribution in [-0.4, -0.2) is 0 Å². The molecule has 20 heavy (non-hydrogen) atoms. The summed E-state index contributed by atoms with van der Waals surface area (Å²) in [6, 6.07) is 0. The van der Waals surface area contributed by atoms with E-state index in [0.717, 1.165) is 0 Å². The molecule has 0 nitrogen and oxygen atoms in total. The van der Waals surface area contributed by atoms with Gasteiger partial charge in [0.15, 0.2) is 0 Å². The minimum Gasteiger partial charge on any atom is -1.00 e. The molecule has 0 aromatic heterocycles. The molecule has 0 saturated heterocycles. The van der Waals surface area contributed by atoms with Crippen molar-refractivity contribution in [2.75, 3.05) is 0 Å². The fourth-order valence-corrected chi connectivity index (χ4v) is 3.39. The van der Waals surface area contributed by atoms with Gasteiger partial charge in [-0.1, -0.05) is 13.3 Å². The second kappa shape index (κ2) is 16.3. The molecular weight excluding hydrogens is 366 g/mol. The third-order valence-corrected chi connectivity index (χ3v) is 5.12. The van der Waals surface area contributed by atoms with Gasteiger partial charge in [0, 0.05) is 0 Å². The second-order valence-corrected chi connectivity index (χ2v) is 7.03. The van der Waals surface area contributed by atoms with Crippen molar-refractivity contribution in [3.05, 3.63) is 21.0 Å². The van der Waals surface area contributed by atoms with Crippen LogP contribution in [0.1, 0.15) is 84.0 Å². The zero-order valence-corrected chi connectivity index (χ0v) is 16.9. The summed E-state index contributed by atoms with van der Waals surface area (Å²) in [7, 11) is 0. The zero-order chi connectivity index (χ0) is 13.1. The van der Waals surface area contributed by atoms with Gasteiger partial charge in [0.1, 0.15) is 0 Å². The molecule has 0 aromatic rings. The quantitative estimate of drug-likeness (QED) is 0.434. The summed E-state index contributed by atoms with van der Waals surface area (Å²) in [4.78, 5) is 0. The Labute approximate surface area is 153 Å². The van der Waals surface area contributed by atoms with E-state index in [0.29, 0.717) is 0 Å². The molecule has 0 aromatic carbocycles. The smallest absolute Gasteiger partial charge is 1.00 e. The Hall–Kier alpha value is 0.943. The number of hydrogen-bond acceptors (Lipinski definition) is 0. The maximum atomic E-state index is 2.36. The number of unbranched alkanes of at least 4 members (excludes halogenated alkanes) is 9. The summed E-state index contributed by atoms with van der Waals surface area (Å²) in [6.07, 6.45) is 21.7. The molecule has 1 rings (SSSR count). The van der Waals surface area contributed by atoms with E-state index in [4.69, 9.17) is 0 Å². The third-order valence-electron chi connectivity index (χ3n) is 3.83. The van der Waals surface area contributed by atoms with Crippen molar-refractivity contribution in [3.8, 4) is 0 Å². The molecule has 0 N–H and O–H groups in total. The predicted octanol–water partition coefficient (Wildman–Crippen LogP) is 0.0662. The van der Waals surface area contributed by atoms with Crippen molar-refractivity contribution in [2.24, 2.45) is 0 Å². The third kappa shape index (κ3) is 11.6. The minimum absolute atomic E-state index is 0. The van der Waals surface area contributed by atoms with E-state index < -0.39 is 0 Å². The Morgan fingerprint density at radius 3 is 1.80 bits per heavy atom. The second-order valence-electron chi connectivity index (χ2n) is 5.54. The molecule has 1 aliphatic rings. The van der Waals surface area contributed by atoms with Gasteiger partial charge in [-0.3, -0.25) is 0 Å². The average molecular weight is 396 g/mol. The summed E-state index contributed by atoms with van der Waals surface area (Å²) in [6.45, 7) is 2.29. The van der Waals surface area contributed by atoms with Crippen LogP contribution in [0, 0.1) is 0 Å². The summed E-state index contributed by atoms with van der Waals surface area (Å²) in [5.41, 5.74) is 1.66. The molecule has 0 spiro atoms. The predicted molar refractivity (Wildman–Crippen MR) is 77.2 cm³/mol. The maximum Gasteiger partial charge on any atom is -1.00 e. The first-order chi connectivity index (χ1) is 8.84. The fourth-order valence-electron chi connectivity index (χ4n) is 2.59. The fraction of sp³-hybridized carbons (Fsp3) is 0.765. The first-order valence-electron chi connectivity index (χ1n) is 7.94. The largest absolute Gasteiger partial charge is 1.00 e. The number of allylic oxidation sites excluding steroid dienone is 4. The van der Waals surface area contributed by atoms with E-state index in [2.05, 4.69) is 19.1 Å². The van der Waals surface area contributed by atoms with Gasteiger partial charge in [0.05, 0.1) is 0 Å². The van der Waals surface area contributed by atoms with Gasteiger partial charge in [0.25, 0.3) is 0 Å². The standard InChI is InChI=1S/C17H29.2ClH.Zr/c1-2-3-4-5-6-7-8-9-10-11-14-17-15-12-13-16-17;;;/h12,15H,2-11,13-14H2,1H3;2*1H;/q;;;+2/p-2. The van der Waals surface area contributed by atoms with Gasteiger partial charge in [-0.25, -0.2) is 0 Å². The van der Waals surface area contributed by atoms with Crippen LogP contribution in [0.4, 0.5) is 0 Å². The monoisotopic (exact) mass is 393 g/mol. The summed E-state index contributed by atoms with van der Waals surface area (Å²) < 4.78 is 1.69. The Kier molecular flexibility index (Phi) is 18.9. The molecule has 3 heteroatoms. The van der Waals surface area contributed by atoms with E-state index in [9.17, 15) is 0 Å². The van der Waals surface area contributed by atoms with E-state index in [-0.39, 0.29) is 24.8 Å². The molecule has 115 valence electrons. The summed E-state index contributed by atoms with van der Waals surface area (Å²) in [5, 5.41) is 0. The Balaban J connectivity index is 0. The normalized spacial score (nSPS) is 13.3. The SMILES string of the molecule is CCCCCCCCCCCCC1=[C]([Zr+2])CC=C1.[Cl-].[Cl-]. The molecule has 0 aliphatic heterocycles. The van der Waals surface area contributed by atoms with E-state index >= 15 is 0 Å². The molecule has 0 radical (unpaired) electrons. The topological polar surface area (TPSA) is 0 Å². The molecule has 0 saturated carbocycles. The van der Waals surface area contributed by atoms with Gasteiger partial charge in [-0.15, -0.1) is 0 Å². The van der Waals surface area contributed by atoms with Crippen LogP contribution in [0.25, 0.3) is 0 Å². The molecule has 1 aliphatic carbocycles. The molecule has 0 amide bonds. The van der Waals surface area contributed by atoms with Crippen molar-refractivity contribution < 1.29 is 49.5 Å². The summed E-state index contributed by atoms with van der Waals surface area (Å²) in [5.74, 6) is 0. The van der Waals surface area contributed by atoms with Gasteiger partial charge < -0.3 is 24.8 Å². The van der Waals surface area contributed by atoms with Crippen LogP contribution in [0.3, 0.4) is 0 Å². The van der Waals surface area contributed by atoms with Crippen LogP contribution in [0.5, 0.6) is 0 Å². The van der Waals surface area contributed by atoms with Crippen molar-refractivity contribution in [1.29, 1.82) is 0 Å². The molecule has 0 bridgehead atoms. The van der Waals surface area contributed by atoms with E-state index in [1.165, 1.54) is 77.0 Å². The van der Waals surface area contributed by atoms with Crippen LogP contribution in [-0.2, 0) is 24.7 Å². The van der Waals surface area contributed by atoms with Crippen LogP contribution >= 0.6 is 0 Å². The van der Waals surface area contributed by atoms with Crippen LogP contribution < -0.4 is 24.8 Å². The van der Waals surface area contributed by atoms with Gasteiger partial charge in [-0.05, 0) is 0 Å². The van der Waals surface area contributed by atoms with Crippen molar-refractivity contribution in [2.45, 2.75) is 84.0 Å². The molecule has 0 atom stereocenters. The maximum absolute atomic E-state index is 2.36. The van der Waals surface area contributed by atoms with Gasteiger partial charge >= 0.3 is 116 Å². The number of hydrogen-bond donors (Lipinski definition) is 0. The Morgan fingerprint density at radius 1 is 0.850 bits per heavy atom. The number of rotatable bonds is 11. The first-order valence-corrected chi connectivity index (χ1v) is 9.17. The van der Waals surface area contributed by atoms with Crippen LogP contribution in [0.2, 0.25) is 0 Å². The van der Waals surface area contributed by atoms with Crippen LogP contribution in [0.15, 0.2) is 21.0 Å². The van der Waals surface area contributed by atoms with E-state index in [1.807, 2.05) is 0 Å². The Morgan fingerprint density at radius 2 is 1.35 bits per heavy atom. The molecule has 0 unspecified atom stereocenters. The first kappa shape index (κ1) is 23.2. The van der Waals surface area contributed by atoms with E-state index in [1.54, 1.807) is 33.6 Å². The minimum atomic E-state index is 0. The summed E-state index contributed by atoms with van der Waals surface area (Å²) >= 11 is 1.63. The Bertz CT molecular complexity index is 272. The number of halogens is 2. The average Bonchev–Trinajstić information content (AvgIpc) is 2.77. The molecular formula is C17H29Cl2Zr. The molecule has 0 heterocycles. The van der Waals surface area contributed by atoms with Crippen molar-refractivity contribution >= 4 is 0 Å². The van der Waals surface area contributed by atoms with Gasteiger partial charge in [-0.2, -0.15) is 0 Å². The van der Waals surface area contributed by atoms with Crippen molar-refractivity contribution in [3.63, 3.8) is 0 Å². The zero-order valence-electron chi connectivity index (χ0n) is 12.9.